The van der Waals surface area contributed by atoms with Gasteiger partial charge in [-0.15, -0.1) is 0 Å². The Labute approximate surface area is 154 Å². The minimum atomic E-state index is -0.419. The van der Waals surface area contributed by atoms with Crippen molar-refractivity contribution in [3.8, 4) is 5.75 Å². The quantitative estimate of drug-likeness (QED) is 0.494. The van der Waals surface area contributed by atoms with E-state index in [1.165, 1.54) is 6.07 Å². The van der Waals surface area contributed by atoms with Crippen molar-refractivity contribution in [1.82, 2.24) is 0 Å². The molecule has 0 fully saturated rings. The van der Waals surface area contributed by atoms with E-state index in [1.807, 2.05) is 24.3 Å². The SMILES string of the molecule is C=C(c1ccc(OCC(C)(C)[Si](C)C)cc1)c1ccc(F)c(Br)c1. The van der Waals surface area contributed by atoms with Gasteiger partial charge in [-0.05, 0) is 61.9 Å². The van der Waals surface area contributed by atoms with Crippen LogP contribution in [0.2, 0.25) is 18.1 Å². The third-order valence-electron chi connectivity index (χ3n) is 4.42. The Morgan fingerprint density at radius 2 is 1.71 bits per heavy atom. The summed E-state index contributed by atoms with van der Waals surface area (Å²) in [6, 6.07) is 12.8. The van der Waals surface area contributed by atoms with Crippen molar-refractivity contribution in [2.45, 2.75) is 32.0 Å². The highest BCUT2D eigenvalue weighted by molar-refractivity contribution is 9.10. The summed E-state index contributed by atoms with van der Waals surface area (Å²) in [5.41, 5.74) is 2.74. The van der Waals surface area contributed by atoms with Gasteiger partial charge in [0.15, 0.2) is 0 Å². The lowest BCUT2D eigenvalue weighted by Crippen LogP contribution is -2.27. The van der Waals surface area contributed by atoms with Gasteiger partial charge in [-0.3, -0.25) is 0 Å². The van der Waals surface area contributed by atoms with Gasteiger partial charge in [-0.25, -0.2) is 4.39 Å². The topological polar surface area (TPSA) is 9.23 Å². The van der Waals surface area contributed by atoms with Crippen molar-refractivity contribution in [2.75, 3.05) is 6.61 Å². The first-order chi connectivity index (χ1) is 11.2. The molecule has 2 aromatic carbocycles. The number of benzene rings is 2. The molecule has 127 valence electrons. The van der Waals surface area contributed by atoms with Crippen LogP contribution in [0.1, 0.15) is 25.0 Å². The van der Waals surface area contributed by atoms with Crippen LogP contribution in [0.3, 0.4) is 0 Å². The van der Waals surface area contributed by atoms with Gasteiger partial charge in [0, 0.05) is 0 Å². The molecule has 0 aromatic heterocycles. The molecule has 1 nitrogen and oxygen atoms in total. The van der Waals surface area contributed by atoms with Crippen LogP contribution in [0, 0.1) is 5.82 Å². The second-order valence-corrected chi connectivity index (χ2v) is 11.0. The van der Waals surface area contributed by atoms with Gasteiger partial charge in [0.2, 0.25) is 0 Å². The molecule has 0 amide bonds. The number of halogens is 2. The van der Waals surface area contributed by atoms with E-state index in [4.69, 9.17) is 4.74 Å². The minimum absolute atomic E-state index is 0.229. The standard InChI is InChI=1S/C20H23BrFOSi/c1-14(16-8-11-19(22)18(21)12-16)15-6-9-17(10-7-15)23-13-20(2,3)24(4)5/h6-12H,1,13H2,2-5H3. The van der Waals surface area contributed by atoms with Crippen LogP contribution in [0.4, 0.5) is 4.39 Å². The Morgan fingerprint density at radius 3 is 2.25 bits per heavy atom. The lowest BCUT2D eigenvalue weighted by atomic mass is 10.00. The Morgan fingerprint density at radius 1 is 1.12 bits per heavy atom. The van der Waals surface area contributed by atoms with E-state index in [9.17, 15) is 4.39 Å². The van der Waals surface area contributed by atoms with Crippen molar-refractivity contribution in [3.05, 3.63) is 70.5 Å². The zero-order chi connectivity index (χ0) is 17.9. The fourth-order valence-corrected chi connectivity index (χ4v) is 2.75. The Balaban J connectivity index is 2.08. The molecule has 0 heterocycles. The number of hydrogen-bond acceptors (Lipinski definition) is 1. The summed E-state index contributed by atoms with van der Waals surface area (Å²) in [6.07, 6.45) is 0. The largest absolute Gasteiger partial charge is 0.493 e. The van der Waals surface area contributed by atoms with Gasteiger partial charge >= 0.3 is 0 Å². The summed E-state index contributed by atoms with van der Waals surface area (Å²) in [4.78, 5) is 0. The first-order valence-electron chi connectivity index (χ1n) is 7.89. The predicted molar refractivity (Wildman–Crippen MR) is 106 cm³/mol. The zero-order valence-electron chi connectivity index (χ0n) is 14.6. The molecule has 0 unspecified atom stereocenters. The molecule has 0 aliphatic heterocycles. The average molecular weight is 406 g/mol. The molecule has 24 heavy (non-hydrogen) atoms. The van der Waals surface area contributed by atoms with Crippen molar-refractivity contribution in [3.63, 3.8) is 0 Å². The van der Waals surface area contributed by atoms with E-state index in [0.29, 0.717) is 4.47 Å². The van der Waals surface area contributed by atoms with E-state index in [-0.39, 0.29) is 10.9 Å². The summed E-state index contributed by atoms with van der Waals surface area (Å²) in [5, 5.41) is 0.229. The van der Waals surface area contributed by atoms with Gasteiger partial charge in [0.25, 0.3) is 0 Å². The Hall–Kier alpha value is -1.39. The molecule has 0 spiro atoms. The van der Waals surface area contributed by atoms with Gasteiger partial charge in [0.05, 0.1) is 19.9 Å². The number of hydrogen-bond donors (Lipinski definition) is 0. The zero-order valence-corrected chi connectivity index (χ0v) is 17.2. The lowest BCUT2D eigenvalue weighted by Gasteiger charge is -2.27. The smallest absolute Gasteiger partial charge is 0.137 e. The maximum atomic E-state index is 13.4. The van der Waals surface area contributed by atoms with Crippen molar-refractivity contribution in [2.24, 2.45) is 0 Å². The van der Waals surface area contributed by atoms with Crippen LogP contribution in [0.15, 0.2) is 53.5 Å². The molecule has 0 saturated heterocycles. The monoisotopic (exact) mass is 405 g/mol. The third-order valence-corrected chi connectivity index (χ3v) is 7.88. The highest BCUT2D eigenvalue weighted by Crippen LogP contribution is 2.30. The van der Waals surface area contributed by atoms with Crippen molar-refractivity contribution >= 4 is 30.3 Å². The summed E-state index contributed by atoms with van der Waals surface area (Å²) < 4.78 is 19.8. The second-order valence-electron chi connectivity index (χ2n) is 6.80. The molecule has 0 aliphatic carbocycles. The second kappa shape index (κ2) is 7.66. The normalized spacial score (nSPS) is 11.6. The first kappa shape index (κ1) is 18.9. The van der Waals surface area contributed by atoms with E-state index in [1.54, 1.807) is 12.1 Å². The van der Waals surface area contributed by atoms with E-state index >= 15 is 0 Å². The lowest BCUT2D eigenvalue weighted by molar-refractivity contribution is 0.276. The minimum Gasteiger partial charge on any atom is -0.493 e. The summed E-state index contributed by atoms with van der Waals surface area (Å²) in [5.74, 6) is 0.592. The molecular weight excluding hydrogens is 383 g/mol. The summed E-state index contributed by atoms with van der Waals surface area (Å²) in [6.45, 7) is 14.0. The van der Waals surface area contributed by atoms with Crippen molar-refractivity contribution in [1.29, 1.82) is 0 Å². The molecular formula is C20H23BrFOSi. The maximum absolute atomic E-state index is 13.4. The predicted octanol–water partition coefficient (Wildman–Crippen LogP) is 6.56. The molecule has 4 heteroatoms. The van der Waals surface area contributed by atoms with Crippen LogP contribution >= 0.6 is 15.9 Å². The van der Waals surface area contributed by atoms with E-state index < -0.39 is 8.80 Å². The van der Waals surface area contributed by atoms with Crippen LogP contribution in [0.5, 0.6) is 5.75 Å². The van der Waals surface area contributed by atoms with Crippen LogP contribution in [0.25, 0.3) is 5.57 Å². The Kier molecular flexibility index (Phi) is 6.05. The fourth-order valence-electron chi connectivity index (χ4n) is 2.01. The highest BCUT2D eigenvalue weighted by atomic mass is 79.9. The molecule has 0 N–H and O–H groups in total. The number of rotatable bonds is 6. The van der Waals surface area contributed by atoms with Gasteiger partial charge < -0.3 is 4.74 Å². The van der Waals surface area contributed by atoms with E-state index in [2.05, 4.69) is 49.5 Å². The van der Waals surface area contributed by atoms with Gasteiger partial charge in [-0.1, -0.05) is 51.7 Å². The molecule has 2 rings (SSSR count). The molecule has 0 saturated carbocycles. The van der Waals surface area contributed by atoms with E-state index in [0.717, 1.165) is 29.1 Å². The summed E-state index contributed by atoms with van der Waals surface area (Å²) in [7, 11) is -0.419. The fraction of sp³-hybridized carbons (Fsp3) is 0.300. The molecule has 1 radical (unpaired) electrons. The highest BCUT2D eigenvalue weighted by Gasteiger charge is 2.24. The molecule has 0 bridgehead atoms. The van der Waals surface area contributed by atoms with Crippen LogP contribution in [-0.4, -0.2) is 15.4 Å². The third kappa shape index (κ3) is 4.58. The average Bonchev–Trinajstić information content (AvgIpc) is 2.55. The van der Waals surface area contributed by atoms with Crippen LogP contribution < -0.4 is 4.74 Å². The maximum Gasteiger partial charge on any atom is 0.137 e. The van der Waals surface area contributed by atoms with Crippen molar-refractivity contribution < 1.29 is 9.13 Å². The molecule has 2 aromatic rings. The first-order valence-corrected chi connectivity index (χ1v) is 11.2. The van der Waals surface area contributed by atoms with Gasteiger partial charge in [-0.2, -0.15) is 0 Å². The Bertz CT molecular complexity index is 723. The number of ether oxygens (including phenoxy) is 1. The van der Waals surface area contributed by atoms with Gasteiger partial charge in [0.1, 0.15) is 11.6 Å². The van der Waals surface area contributed by atoms with Crippen LogP contribution in [-0.2, 0) is 0 Å². The molecule has 0 aliphatic rings. The molecule has 0 atom stereocenters. The summed E-state index contributed by atoms with van der Waals surface area (Å²) >= 11 is 3.22.